The number of guanidine groups is 1. The van der Waals surface area contributed by atoms with Gasteiger partial charge in [-0.25, -0.2) is 4.99 Å². The van der Waals surface area contributed by atoms with Crippen molar-refractivity contribution < 1.29 is 4.52 Å². The van der Waals surface area contributed by atoms with Crippen LogP contribution in [0.3, 0.4) is 0 Å². The number of aliphatic imine (C=N–C) groups is 1. The number of rotatable bonds is 2. The highest BCUT2D eigenvalue weighted by Crippen LogP contribution is 2.14. The van der Waals surface area contributed by atoms with Crippen molar-refractivity contribution in [2.24, 2.45) is 10.7 Å². The maximum Gasteiger partial charge on any atom is 0.191 e. The van der Waals surface area contributed by atoms with Gasteiger partial charge in [-0.15, -0.1) is 24.0 Å². The van der Waals surface area contributed by atoms with Crippen molar-refractivity contribution in [3.05, 3.63) is 17.0 Å². The third-order valence-corrected chi connectivity index (χ3v) is 3.51. The van der Waals surface area contributed by atoms with E-state index < -0.39 is 0 Å². The molecule has 108 valence electrons. The van der Waals surface area contributed by atoms with Gasteiger partial charge in [-0.05, 0) is 26.7 Å². The molecule has 6 heteroatoms. The summed E-state index contributed by atoms with van der Waals surface area (Å²) in [4.78, 5) is 6.66. The third-order valence-electron chi connectivity index (χ3n) is 3.51. The Kier molecular flexibility index (Phi) is 6.60. The standard InChI is InChI=1S/C13H22N4O.HI/c1-10-12(11(2)18-16-10)9-15-13(14)17-7-5-3-4-6-8-17;/h3-9H2,1-2H3,(H2,14,15);1H. The predicted octanol–water partition coefficient (Wildman–Crippen LogP) is 2.60. The average molecular weight is 378 g/mol. The number of hydrogen-bond donors (Lipinski definition) is 1. The normalized spacial score (nSPS) is 16.9. The van der Waals surface area contributed by atoms with Crippen molar-refractivity contribution in [1.29, 1.82) is 0 Å². The Morgan fingerprint density at radius 3 is 2.42 bits per heavy atom. The molecule has 1 aliphatic heterocycles. The van der Waals surface area contributed by atoms with E-state index in [0.717, 1.165) is 30.1 Å². The Morgan fingerprint density at radius 2 is 1.89 bits per heavy atom. The zero-order chi connectivity index (χ0) is 13.0. The molecule has 1 saturated heterocycles. The quantitative estimate of drug-likeness (QED) is 0.488. The minimum absolute atomic E-state index is 0. The minimum atomic E-state index is 0. The molecule has 2 rings (SSSR count). The molecular weight excluding hydrogens is 355 g/mol. The van der Waals surface area contributed by atoms with Crippen LogP contribution in [0.5, 0.6) is 0 Å². The van der Waals surface area contributed by atoms with Crippen molar-refractivity contribution in [3.8, 4) is 0 Å². The number of nitrogens with zero attached hydrogens (tertiary/aromatic N) is 3. The zero-order valence-corrected chi connectivity index (χ0v) is 14.0. The van der Waals surface area contributed by atoms with Crippen molar-refractivity contribution in [3.63, 3.8) is 0 Å². The lowest BCUT2D eigenvalue weighted by atomic mass is 10.2. The molecule has 2 N–H and O–H groups in total. The summed E-state index contributed by atoms with van der Waals surface area (Å²) in [6.07, 6.45) is 5.02. The highest BCUT2D eigenvalue weighted by atomic mass is 127. The van der Waals surface area contributed by atoms with Gasteiger partial charge in [0, 0.05) is 18.7 Å². The number of nitrogens with two attached hydrogens (primary N) is 1. The maximum atomic E-state index is 6.06. The average Bonchev–Trinajstić information content (AvgIpc) is 2.61. The molecule has 0 amide bonds. The number of likely N-dealkylation sites (tertiary alicyclic amines) is 1. The molecule has 0 unspecified atom stereocenters. The van der Waals surface area contributed by atoms with Gasteiger partial charge in [-0.1, -0.05) is 18.0 Å². The Bertz CT molecular complexity index is 403. The van der Waals surface area contributed by atoms with E-state index >= 15 is 0 Å². The van der Waals surface area contributed by atoms with Gasteiger partial charge in [0.05, 0.1) is 12.2 Å². The molecule has 5 nitrogen and oxygen atoms in total. The number of aryl methyl sites for hydroxylation is 2. The third kappa shape index (κ3) is 4.36. The number of halogens is 1. The lowest BCUT2D eigenvalue weighted by molar-refractivity contribution is 0.392. The summed E-state index contributed by atoms with van der Waals surface area (Å²) in [5.41, 5.74) is 8.01. The van der Waals surface area contributed by atoms with Crippen LogP contribution in [0.2, 0.25) is 0 Å². The Labute approximate surface area is 131 Å². The molecule has 1 aliphatic rings. The largest absolute Gasteiger partial charge is 0.370 e. The van der Waals surface area contributed by atoms with Gasteiger partial charge in [-0.3, -0.25) is 0 Å². The molecule has 0 aliphatic carbocycles. The summed E-state index contributed by atoms with van der Waals surface area (Å²) in [7, 11) is 0. The van der Waals surface area contributed by atoms with Gasteiger partial charge >= 0.3 is 0 Å². The van der Waals surface area contributed by atoms with Crippen LogP contribution < -0.4 is 5.73 Å². The second-order valence-electron chi connectivity index (χ2n) is 4.88. The van der Waals surface area contributed by atoms with Crippen LogP contribution in [-0.2, 0) is 6.54 Å². The van der Waals surface area contributed by atoms with Gasteiger partial charge in [0.2, 0.25) is 0 Å². The molecule has 0 radical (unpaired) electrons. The van der Waals surface area contributed by atoms with Crippen molar-refractivity contribution in [2.45, 2.75) is 46.1 Å². The molecule has 1 aromatic rings. The molecule has 1 aromatic heterocycles. The smallest absolute Gasteiger partial charge is 0.191 e. The maximum absolute atomic E-state index is 6.06. The summed E-state index contributed by atoms with van der Waals surface area (Å²) in [6.45, 7) is 6.45. The SMILES string of the molecule is Cc1noc(C)c1CN=C(N)N1CCCCCC1.I. The first kappa shape index (κ1) is 16.3. The van der Waals surface area contributed by atoms with Crippen molar-refractivity contribution in [1.82, 2.24) is 10.1 Å². The molecule has 2 heterocycles. The molecular formula is C13H23IN4O. The van der Waals surface area contributed by atoms with Gasteiger partial charge < -0.3 is 15.2 Å². The van der Waals surface area contributed by atoms with E-state index in [4.69, 9.17) is 10.3 Å². The molecule has 0 spiro atoms. The second kappa shape index (κ2) is 7.72. The van der Waals surface area contributed by atoms with Crippen molar-refractivity contribution in [2.75, 3.05) is 13.1 Å². The Hall–Kier alpha value is -0.790. The summed E-state index contributed by atoms with van der Waals surface area (Å²) in [5, 5.41) is 3.92. The fraction of sp³-hybridized carbons (Fsp3) is 0.692. The Balaban J connectivity index is 0.00000180. The summed E-state index contributed by atoms with van der Waals surface area (Å²) >= 11 is 0. The van der Waals surface area contributed by atoms with Crippen LogP contribution >= 0.6 is 24.0 Å². The lowest BCUT2D eigenvalue weighted by Gasteiger charge is -2.21. The van der Waals surface area contributed by atoms with Crippen LogP contribution in [0, 0.1) is 13.8 Å². The van der Waals surface area contributed by atoms with Gasteiger partial charge in [0.15, 0.2) is 5.96 Å². The van der Waals surface area contributed by atoms with Gasteiger partial charge in [0.25, 0.3) is 0 Å². The van der Waals surface area contributed by atoms with Gasteiger partial charge in [-0.2, -0.15) is 0 Å². The predicted molar refractivity (Wildman–Crippen MR) is 86.8 cm³/mol. The summed E-state index contributed by atoms with van der Waals surface area (Å²) in [5.74, 6) is 1.48. The topological polar surface area (TPSA) is 67.6 Å². The first-order valence-corrected chi connectivity index (χ1v) is 6.65. The molecule has 0 bridgehead atoms. The van der Waals surface area contributed by atoms with Crippen LogP contribution in [0.25, 0.3) is 0 Å². The first-order valence-electron chi connectivity index (χ1n) is 6.65. The highest BCUT2D eigenvalue weighted by molar-refractivity contribution is 14.0. The summed E-state index contributed by atoms with van der Waals surface area (Å²) < 4.78 is 5.12. The fourth-order valence-electron chi connectivity index (χ4n) is 2.29. The van der Waals surface area contributed by atoms with E-state index in [2.05, 4.69) is 15.0 Å². The van der Waals surface area contributed by atoms with Crippen LogP contribution in [0.1, 0.15) is 42.7 Å². The first-order chi connectivity index (χ1) is 8.68. The fourth-order valence-corrected chi connectivity index (χ4v) is 2.29. The molecule has 19 heavy (non-hydrogen) atoms. The number of hydrogen-bond acceptors (Lipinski definition) is 3. The second-order valence-corrected chi connectivity index (χ2v) is 4.88. The van der Waals surface area contributed by atoms with E-state index in [1.165, 1.54) is 25.7 Å². The van der Waals surface area contributed by atoms with E-state index in [9.17, 15) is 0 Å². The molecule has 1 fully saturated rings. The molecule has 0 aromatic carbocycles. The van der Waals surface area contributed by atoms with E-state index in [1.54, 1.807) is 0 Å². The van der Waals surface area contributed by atoms with Crippen molar-refractivity contribution >= 4 is 29.9 Å². The Morgan fingerprint density at radius 1 is 1.26 bits per heavy atom. The van der Waals surface area contributed by atoms with Crippen LogP contribution in [0.4, 0.5) is 0 Å². The van der Waals surface area contributed by atoms with Crippen LogP contribution in [0.15, 0.2) is 9.52 Å². The highest BCUT2D eigenvalue weighted by Gasteiger charge is 2.12. The van der Waals surface area contributed by atoms with E-state index in [0.29, 0.717) is 12.5 Å². The van der Waals surface area contributed by atoms with E-state index in [1.807, 2.05) is 13.8 Å². The monoisotopic (exact) mass is 378 g/mol. The lowest BCUT2D eigenvalue weighted by Crippen LogP contribution is -2.38. The molecule has 0 saturated carbocycles. The summed E-state index contributed by atoms with van der Waals surface area (Å²) in [6, 6.07) is 0. The van der Waals surface area contributed by atoms with Gasteiger partial charge in [0.1, 0.15) is 5.76 Å². The molecule has 0 atom stereocenters. The minimum Gasteiger partial charge on any atom is -0.370 e. The van der Waals surface area contributed by atoms with Crippen LogP contribution in [-0.4, -0.2) is 29.1 Å². The number of aromatic nitrogens is 1. The zero-order valence-electron chi connectivity index (χ0n) is 11.7. The van der Waals surface area contributed by atoms with E-state index in [-0.39, 0.29) is 24.0 Å².